The standard InChI is InChI=1S/C16H30O/c1-5-6-7-14(4)11-15-8-9-16(17-12-15)10-13(2)3/h5-6,13-16H,7-12H2,1-4H3/b6-5+. The van der Waals surface area contributed by atoms with Crippen molar-refractivity contribution < 1.29 is 4.74 Å². The fourth-order valence-electron chi connectivity index (χ4n) is 2.79. The van der Waals surface area contributed by atoms with Crippen molar-refractivity contribution in [3.05, 3.63) is 12.2 Å². The van der Waals surface area contributed by atoms with Gasteiger partial charge in [0, 0.05) is 6.61 Å². The Kier molecular flexibility index (Phi) is 6.87. The third-order valence-corrected chi connectivity index (χ3v) is 3.71. The number of ether oxygens (including phenoxy) is 1. The molecule has 1 heteroatoms. The highest BCUT2D eigenvalue weighted by atomic mass is 16.5. The molecule has 3 unspecified atom stereocenters. The van der Waals surface area contributed by atoms with E-state index in [9.17, 15) is 0 Å². The third-order valence-electron chi connectivity index (χ3n) is 3.71. The molecule has 3 atom stereocenters. The van der Waals surface area contributed by atoms with Gasteiger partial charge in [-0.2, -0.15) is 0 Å². The molecule has 1 saturated heterocycles. The lowest BCUT2D eigenvalue weighted by atomic mass is 9.87. The molecule has 0 bridgehead atoms. The predicted octanol–water partition coefficient (Wildman–Crippen LogP) is 4.82. The maximum atomic E-state index is 5.99. The topological polar surface area (TPSA) is 9.23 Å². The van der Waals surface area contributed by atoms with Crippen LogP contribution in [0.4, 0.5) is 0 Å². The molecule has 1 rings (SSSR count). The van der Waals surface area contributed by atoms with Crippen LogP contribution >= 0.6 is 0 Å². The summed E-state index contributed by atoms with van der Waals surface area (Å²) in [6.45, 7) is 10.0. The molecule has 0 spiro atoms. The van der Waals surface area contributed by atoms with E-state index in [0.29, 0.717) is 6.10 Å². The molecule has 1 heterocycles. The lowest BCUT2D eigenvalue weighted by molar-refractivity contribution is -0.0304. The van der Waals surface area contributed by atoms with Crippen molar-refractivity contribution >= 4 is 0 Å². The summed E-state index contributed by atoms with van der Waals surface area (Å²) in [5, 5.41) is 0. The fourth-order valence-corrected chi connectivity index (χ4v) is 2.79. The molecule has 0 N–H and O–H groups in total. The summed E-state index contributed by atoms with van der Waals surface area (Å²) in [5.41, 5.74) is 0. The Labute approximate surface area is 108 Å². The van der Waals surface area contributed by atoms with Crippen LogP contribution in [0.1, 0.15) is 59.8 Å². The molecular weight excluding hydrogens is 208 g/mol. The third kappa shape index (κ3) is 6.26. The van der Waals surface area contributed by atoms with E-state index in [-0.39, 0.29) is 0 Å². The predicted molar refractivity (Wildman–Crippen MR) is 75.1 cm³/mol. The molecule has 0 aromatic heterocycles. The molecule has 0 radical (unpaired) electrons. The zero-order valence-electron chi connectivity index (χ0n) is 12.1. The van der Waals surface area contributed by atoms with Crippen molar-refractivity contribution in [1.29, 1.82) is 0 Å². The first-order chi connectivity index (χ1) is 8.11. The lowest BCUT2D eigenvalue weighted by Crippen LogP contribution is -2.28. The van der Waals surface area contributed by atoms with Gasteiger partial charge in [0.15, 0.2) is 0 Å². The number of rotatable bonds is 6. The molecule has 0 aliphatic carbocycles. The van der Waals surface area contributed by atoms with E-state index in [4.69, 9.17) is 4.74 Å². The average molecular weight is 238 g/mol. The van der Waals surface area contributed by atoms with Crippen LogP contribution < -0.4 is 0 Å². The number of hydrogen-bond acceptors (Lipinski definition) is 1. The van der Waals surface area contributed by atoms with Gasteiger partial charge in [0.25, 0.3) is 0 Å². The van der Waals surface area contributed by atoms with Gasteiger partial charge in [-0.15, -0.1) is 0 Å². The monoisotopic (exact) mass is 238 g/mol. The molecule has 0 aromatic carbocycles. The van der Waals surface area contributed by atoms with Crippen molar-refractivity contribution in [2.24, 2.45) is 17.8 Å². The van der Waals surface area contributed by atoms with Crippen LogP contribution in [-0.4, -0.2) is 12.7 Å². The first-order valence-corrected chi connectivity index (χ1v) is 7.34. The van der Waals surface area contributed by atoms with Crippen LogP contribution in [0.25, 0.3) is 0 Å². The Bertz CT molecular complexity index is 212. The Balaban J connectivity index is 2.18. The molecule has 0 aromatic rings. The Morgan fingerprint density at radius 2 is 1.94 bits per heavy atom. The molecular formula is C16H30O. The summed E-state index contributed by atoms with van der Waals surface area (Å²) in [6.07, 6.45) is 11.4. The molecule has 17 heavy (non-hydrogen) atoms. The van der Waals surface area contributed by atoms with Gasteiger partial charge in [-0.3, -0.25) is 0 Å². The van der Waals surface area contributed by atoms with Gasteiger partial charge in [0.1, 0.15) is 0 Å². The van der Waals surface area contributed by atoms with E-state index in [2.05, 4.69) is 39.8 Å². The van der Waals surface area contributed by atoms with Crippen LogP contribution in [0.2, 0.25) is 0 Å². The summed E-state index contributed by atoms with van der Waals surface area (Å²) in [7, 11) is 0. The second-order valence-electron chi connectivity index (χ2n) is 6.17. The normalized spacial score (nSPS) is 27.8. The lowest BCUT2D eigenvalue weighted by Gasteiger charge is -2.31. The highest BCUT2D eigenvalue weighted by molar-refractivity contribution is 4.81. The quantitative estimate of drug-likeness (QED) is 0.603. The van der Waals surface area contributed by atoms with Crippen molar-refractivity contribution in [1.82, 2.24) is 0 Å². The average Bonchev–Trinajstić information content (AvgIpc) is 2.28. The van der Waals surface area contributed by atoms with E-state index in [1.807, 2.05) is 0 Å². The second kappa shape index (κ2) is 7.92. The summed E-state index contributed by atoms with van der Waals surface area (Å²) in [6, 6.07) is 0. The first-order valence-electron chi connectivity index (χ1n) is 7.34. The van der Waals surface area contributed by atoms with Crippen LogP contribution in [0, 0.1) is 17.8 Å². The van der Waals surface area contributed by atoms with E-state index in [0.717, 1.165) is 24.4 Å². The molecule has 0 saturated carbocycles. The highest BCUT2D eigenvalue weighted by Crippen LogP contribution is 2.28. The zero-order chi connectivity index (χ0) is 12.7. The van der Waals surface area contributed by atoms with E-state index in [1.165, 1.54) is 32.1 Å². The summed E-state index contributed by atoms with van der Waals surface area (Å²) in [5.74, 6) is 2.38. The Morgan fingerprint density at radius 1 is 1.18 bits per heavy atom. The first kappa shape index (κ1) is 14.8. The maximum Gasteiger partial charge on any atom is 0.0577 e. The molecule has 1 aliphatic rings. The van der Waals surface area contributed by atoms with Crippen molar-refractivity contribution in [3.63, 3.8) is 0 Å². The van der Waals surface area contributed by atoms with Crippen molar-refractivity contribution in [2.45, 2.75) is 65.9 Å². The number of allylic oxidation sites excluding steroid dienone is 2. The van der Waals surface area contributed by atoms with Gasteiger partial charge in [0.2, 0.25) is 0 Å². The van der Waals surface area contributed by atoms with Crippen LogP contribution in [-0.2, 0) is 4.74 Å². The molecule has 100 valence electrons. The largest absolute Gasteiger partial charge is 0.378 e. The maximum absolute atomic E-state index is 5.99. The van der Waals surface area contributed by atoms with Crippen molar-refractivity contribution in [3.8, 4) is 0 Å². The zero-order valence-corrected chi connectivity index (χ0v) is 12.1. The summed E-state index contributed by atoms with van der Waals surface area (Å²) in [4.78, 5) is 0. The summed E-state index contributed by atoms with van der Waals surface area (Å²) >= 11 is 0. The van der Waals surface area contributed by atoms with Crippen LogP contribution in [0.5, 0.6) is 0 Å². The summed E-state index contributed by atoms with van der Waals surface area (Å²) < 4.78 is 5.99. The smallest absolute Gasteiger partial charge is 0.0577 e. The second-order valence-corrected chi connectivity index (χ2v) is 6.17. The van der Waals surface area contributed by atoms with Gasteiger partial charge in [-0.25, -0.2) is 0 Å². The molecule has 1 fully saturated rings. The molecule has 1 nitrogen and oxygen atoms in total. The van der Waals surface area contributed by atoms with Crippen LogP contribution in [0.3, 0.4) is 0 Å². The van der Waals surface area contributed by atoms with Gasteiger partial charge < -0.3 is 4.74 Å². The minimum absolute atomic E-state index is 0.539. The highest BCUT2D eigenvalue weighted by Gasteiger charge is 2.23. The van der Waals surface area contributed by atoms with Gasteiger partial charge in [0.05, 0.1) is 6.10 Å². The fraction of sp³-hybridized carbons (Fsp3) is 0.875. The minimum atomic E-state index is 0.539. The number of hydrogen-bond donors (Lipinski definition) is 0. The minimum Gasteiger partial charge on any atom is -0.378 e. The Hall–Kier alpha value is -0.300. The SMILES string of the molecule is C/C=C/CC(C)CC1CCC(CC(C)C)OC1. The van der Waals surface area contributed by atoms with Crippen molar-refractivity contribution in [2.75, 3.05) is 6.61 Å². The molecule has 1 aliphatic heterocycles. The van der Waals surface area contributed by atoms with E-state index >= 15 is 0 Å². The van der Waals surface area contributed by atoms with Gasteiger partial charge in [-0.05, 0) is 56.8 Å². The van der Waals surface area contributed by atoms with E-state index < -0.39 is 0 Å². The molecule has 0 amide bonds. The van der Waals surface area contributed by atoms with Gasteiger partial charge >= 0.3 is 0 Å². The van der Waals surface area contributed by atoms with Gasteiger partial charge in [-0.1, -0.05) is 32.9 Å². The van der Waals surface area contributed by atoms with E-state index in [1.54, 1.807) is 0 Å². The van der Waals surface area contributed by atoms with Crippen LogP contribution in [0.15, 0.2) is 12.2 Å². The Morgan fingerprint density at radius 3 is 2.47 bits per heavy atom.